The first-order valence-electron chi connectivity index (χ1n) is 11.3. The van der Waals surface area contributed by atoms with Crippen molar-refractivity contribution in [3.05, 3.63) is 33.9 Å². The molecule has 0 bridgehead atoms. The molecule has 0 N–H and O–H groups in total. The van der Waals surface area contributed by atoms with Gasteiger partial charge in [0.2, 0.25) is 0 Å². The summed E-state index contributed by atoms with van der Waals surface area (Å²) in [5.74, 6) is -0.501. The maximum absolute atomic E-state index is 12.7. The Hall–Kier alpha value is -2.64. The average molecular weight is 432 g/mol. The molecule has 2 fully saturated rings. The van der Waals surface area contributed by atoms with E-state index in [2.05, 4.69) is 6.92 Å². The van der Waals surface area contributed by atoms with Crippen molar-refractivity contribution < 1.29 is 19.2 Å². The van der Waals surface area contributed by atoms with Gasteiger partial charge in [0.15, 0.2) is 6.10 Å². The summed E-state index contributed by atoms with van der Waals surface area (Å²) in [5.41, 5.74) is 0.497. The molecule has 1 amide bonds. The van der Waals surface area contributed by atoms with Crippen LogP contribution in [0.5, 0.6) is 0 Å². The molecule has 8 heteroatoms. The predicted molar refractivity (Wildman–Crippen MR) is 118 cm³/mol. The highest BCUT2D eigenvalue weighted by atomic mass is 16.6. The van der Waals surface area contributed by atoms with Gasteiger partial charge in [-0.05, 0) is 50.7 Å². The number of benzene rings is 1. The Labute approximate surface area is 183 Å². The van der Waals surface area contributed by atoms with Crippen LogP contribution in [-0.4, -0.2) is 54.0 Å². The van der Waals surface area contributed by atoms with Crippen LogP contribution in [-0.2, 0) is 9.53 Å². The third-order valence-electron chi connectivity index (χ3n) is 6.51. The molecule has 1 heterocycles. The van der Waals surface area contributed by atoms with Gasteiger partial charge in [0.1, 0.15) is 5.69 Å². The molecule has 31 heavy (non-hydrogen) atoms. The van der Waals surface area contributed by atoms with Crippen LogP contribution in [0.2, 0.25) is 0 Å². The highest BCUT2D eigenvalue weighted by Gasteiger charge is 2.29. The van der Waals surface area contributed by atoms with Gasteiger partial charge in [-0.1, -0.05) is 26.2 Å². The summed E-state index contributed by atoms with van der Waals surface area (Å²) in [7, 11) is 1.75. The number of carbonyl (C=O) groups excluding carboxylic acids is 2. The predicted octanol–water partition coefficient (Wildman–Crippen LogP) is 4.17. The number of ether oxygens (including phenoxy) is 1. The molecule has 0 radical (unpaired) electrons. The molecule has 0 spiro atoms. The number of anilines is 1. The minimum atomic E-state index is -0.943. The minimum absolute atomic E-state index is 0.0838. The first-order chi connectivity index (χ1) is 14.8. The number of amides is 1. The number of nitro benzene ring substituents is 1. The first kappa shape index (κ1) is 23.0. The second kappa shape index (κ2) is 10.1. The van der Waals surface area contributed by atoms with Crippen LogP contribution in [0.25, 0.3) is 0 Å². The Morgan fingerprint density at radius 3 is 2.55 bits per heavy atom. The van der Waals surface area contributed by atoms with Crippen LogP contribution in [0, 0.1) is 16.0 Å². The lowest BCUT2D eigenvalue weighted by Crippen LogP contribution is -2.44. The van der Waals surface area contributed by atoms with Crippen molar-refractivity contribution in [2.24, 2.45) is 5.92 Å². The number of piperidine rings is 1. The number of nitrogens with zero attached hydrogens (tertiary/aromatic N) is 3. The maximum Gasteiger partial charge on any atom is 0.339 e. The number of hydrogen-bond donors (Lipinski definition) is 0. The fourth-order valence-electron chi connectivity index (χ4n) is 4.69. The lowest BCUT2D eigenvalue weighted by molar-refractivity contribution is -0.384. The molecule has 8 nitrogen and oxygen atoms in total. The van der Waals surface area contributed by atoms with Gasteiger partial charge in [0, 0.05) is 32.2 Å². The van der Waals surface area contributed by atoms with Crippen LogP contribution in [0.4, 0.5) is 11.4 Å². The molecule has 1 saturated heterocycles. The van der Waals surface area contributed by atoms with E-state index in [0.717, 1.165) is 51.6 Å². The molecule has 3 rings (SSSR count). The van der Waals surface area contributed by atoms with E-state index < -0.39 is 17.0 Å². The minimum Gasteiger partial charge on any atom is -0.449 e. The third kappa shape index (κ3) is 5.54. The summed E-state index contributed by atoms with van der Waals surface area (Å²) in [6.45, 7) is 5.20. The standard InChI is InChI=1S/C23H33N3O5/c1-16-8-7-13-25(15-16)20-12-11-18(14-21(20)26(29)30)23(28)31-17(2)22(27)24(3)19-9-5-4-6-10-19/h11-12,14,16-17,19H,4-10,13,15H2,1-3H3/t16-,17-/m0/s1. The first-order valence-corrected chi connectivity index (χ1v) is 11.3. The largest absolute Gasteiger partial charge is 0.449 e. The van der Waals surface area contributed by atoms with Crippen LogP contribution in [0.3, 0.4) is 0 Å². The molecular weight excluding hydrogens is 398 g/mol. The van der Waals surface area contributed by atoms with Crippen molar-refractivity contribution >= 4 is 23.3 Å². The Morgan fingerprint density at radius 1 is 1.19 bits per heavy atom. The van der Waals surface area contributed by atoms with Gasteiger partial charge in [-0.2, -0.15) is 0 Å². The van der Waals surface area contributed by atoms with E-state index in [1.54, 1.807) is 31.0 Å². The molecule has 0 aromatic heterocycles. The lowest BCUT2D eigenvalue weighted by Gasteiger charge is -2.33. The zero-order valence-electron chi connectivity index (χ0n) is 18.7. The summed E-state index contributed by atoms with van der Waals surface area (Å²) in [4.78, 5) is 40.3. The number of likely N-dealkylation sites (N-methyl/N-ethyl adjacent to an activating group) is 1. The van der Waals surface area contributed by atoms with E-state index in [1.807, 2.05) is 4.90 Å². The fourth-order valence-corrected chi connectivity index (χ4v) is 4.69. The van der Waals surface area contributed by atoms with E-state index in [1.165, 1.54) is 12.5 Å². The van der Waals surface area contributed by atoms with E-state index >= 15 is 0 Å². The van der Waals surface area contributed by atoms with Crippen molar-refractivity contribution in [1.29, 1.82) is 0 Å². The summed E-state index contributed by atoms with van der Waals surface area (Å²) in [5, 5.41) is 11.7. The van der Waals surface area contributed by atoms with Crippen LogP contribution in [0.1, 0.15) is 69.2 Å². The van der Waals surface area contributed by atoms with Crippen LogP contribution < -0.4 is 4.90 Å². The van der Waals surface area contributed by atoms with Crippen molar-refractivity contribution in [3.63, 3.8) is 0 Å². The summed E-state index contributed by atoms with van der Waals surface area (Å²) >= 11 is 0. The molecule has 170 valence electrons. The zero-order chi connectivity index (χ0) is 22.5. The summed E-state index contributed by atoms with van der Waals surface area (Å²) in [6.07, 6.45) is 6.46. The van der Waals surface area contributed by atoms with Crippen molar-refractivity contribution in [2.75, 3.05) is 25.0 Å². The second-order valence-corrected chi connectivity index (χ2v) is 8.94. The molecule has 1 saturated carbocycles. The van der Waals surface area contributed by atoms with E-state index in [4.69, 9.17) is 4.74 Å². The van der Waals surface area contributed by atoms with Gasteiger partial charge in [-0.25, -0.2) is 4.79 Å². The fraction of sp³-hybridized carbons (Fsp3) is 0.652. The SMILES string of the molecule is C[C@H]1CCCN(c2ccc(C(=O)O[C@@H](C)C(=O)N(C)C3CCCCC3)cc2[N+](=O)[O-])C1. The Kier molecular flexibility index (Phi) is 7.51. The number of esters is 1. The van der Waals surface area contributed by atoms with Gasteiger partial charge >= 0.3 is 5.97 Å². The quantitative estimate of drug-likeness (QED) is 0.381. The maximum atomic E-state index is 12.7. The monoisotopic (exact) mass is 431 g/mol. The molecule has 2 aliphatic rings. The molecular formula is C23H33N3O5. The Balaban J connectivity index is 1.70. The number of rotatable bonds is 6. The van der Waals surface area contributed by atoms with Gasteiger partial charge in [-0.15, -0.1) is 0 Å². The molecule has 1 aromatic carbocycles. The van der Waals surface area contributed by atoms with Gasteiger partial charge < -0.3 is 14.5 Å². The van der Waals surface area contributed by atoms with Crippen LogP contribution >= 0.6 is 0 Å². The average Bonchev–Trinajstić information content (AvgIpc) is 2.78. The second-order valence-electron chi connectivity index (χ2n) is 8.94. The van der Waals surface area contributed by atoms with Crippen molar-refractivity contribution in [3.8, 4) is 0 Å². The number of carbonyl (C=O) groups is 2. The van der Waals surface area contributed by atoms with Gasteiger partial charge in [0.05, 0.1) is 10.5 Å². The Morgan fingerprint density at radius 2 is 1.90 bits per heavy atom. The molecule has 1 aliphatic carbocycles. The number of hydrogen-bond acceptors (Lipinski definition) is 6. The van der Waals surface area contributed by atoms with Crippen LogP contribution in [0.15, 0.2) is 18.2 Å². The topological polar surface area (TPSA) is 93.0 Å². The smallest absolute Gasteiger partial charge is 0.339 e. The van der Waals surface area contributed by atoms with E-state index in [9.17, 15) is 19.7 Å². The molecule has 1 aromatic rings. The van der Waals surface area contributed by atoms with E-state index in [0.29, 0.717) is 11.6 Å². The molecule has 0 unspecified atom stereocenters. The molecule has 2 atom stereocenters. The van der Waals surface area contributed by atoms with Crippen molar-refractivity contribution in [1.82, 2.24) is 4.90 Å². The summed E-state index contributed by atoms with van der Waals surface area (Å²) < 4.78 is 5.38. The third-order valence-corrected chi connectivity index (χ3v) is 6.51. The summed E-state index contributed by atoms with van der Waals surface area (Å²) in [6, 6.07) is 4.60. The highest BCUT2D eigenvalue weighted by molar-refractivity contribution is 5.93. The lowest BCUT2D eigenvalue weighted by atomic mass is 9.94. The zero-order valence-corrected chi connectivity index (χ0v) is 18.7. The van der Waals surface area contributed by atoms with Crippen molar-refractivity contribution in [2.45, 2.75) is 70.9 Å². The van der Waals surface area contributed by atoms with Gasteiger partial charge in [-0.3, -0.25) is 14.9 Å². The van der Waals surface area contributed by atoms with Gasteiger partial charge in [0.25, 0.3) is 11.6 Å². The highest BCUT2D eigenvalue weighted by Crippen LogP contribution is 2.32. The Bertz CT molecular complexity index is 821. The normalized spacial score (nSPS) is 20.7. The number of nitro groups is 1. The molecule has 1 aliphatic heterocycles. The van der Waals surface area contributed by atoms with E-state index in [-0.39, 0.29) is 23.2 Å².